The Bertz CT molecular complexity index is 1400. The summed E-state index contributed by atoms with van der Waals surface area (Å²) < 4.78 is 17.6. The summed E-state index contributed by atoms with van der Waals surface area (Å²) in [6.07, 6.45) is 1.58. The molecule has 3 aromatic carbocycles. The predicted octanol–water partition coefficient (Wildman–Crippen LogP) is 5.75. The van der Waals surface area contributed by atoms with E-state index in [2.05, 4.69) is 33.6 Å². The maximum atomic E-state index is 12.4. The van der Waals surface area contributed by atoms with Crippen molar-refractivity contribution in [1.82, 2.24) is 0 Å². The van der Waals surface area contributed by atoms with Crippen LogP contribution in [-0.4, -0.2) is 23.9 Å². The van der Waals surface area contributed by atoms with Gasteiger partial charge in [0.1, 0.15) is 6.61 Å². The van der Waals surface area contributed by atoms with Crippen molar-refractivity contribution in [2.75, 3.05) is 7.11 Å². The monoisotopic (exact) mass is 584 g/mol. The van der Waals surface area contributed by atoms with Crippen molar-refractivity contribution in [3.8, 4) is 11.5 Å². The number of nitro groups is 1. The lowest BCUT2D eigenvalue weighted by molar-refractivity contribution is -0.385. The number of nitrogens with zero attached hydrogens (tertiary/aromatic N) is 2. The van der Waals surface area contributed by atoms with Gasteiger partial charge >= 0.3 is 5.97 Å². The summed E-state index contributed by atoms with van der Waals surface area (Å²) >= 11 is 2.15. The van der Waals surface area contributed by atoms with E-state index < -0.39 is 10.9 Å². The van der Waals surface area contributed by atoms with Gasteiger partial charge in [-0.15, -0.1) is 0 Å². The van der Waals surface area contributed by atoms with Crippen LogP contribution < -0.4 is 9.47 Å². The molecule has 3 aromatic rings. The second-order valence-corrected chi connectivity index (χ2v) is 9.07. The first-order valence-electron chi connectivity index (χ1n) is 10.6. The molecule has 0 N–H and O–H groups in total. The molecule has 8 nitrogen and oxygen atoms in total. The highest BCUT2D eigenvalue weighted by molar-refractivity contribution is 14.1. The maximum absolute atomic E-state index is 12.4. The van der Waals surface area contributed by atoms with Crippen LogP contribution in [0.25, 0.3) is 6.08 Å². The molecule has 1 heterocycles. The largest absolute Gasteiger partial charge is 0.493 e. The lowest BCUT2D eigenvalue weighted by Gasteiger charge is -2.14. The van der Waals surface area contributed by atoms with E-state index in [1.165, 1.54) is 6.07 Å². The SMILES string of the molecule is COc1cc(/C=C2\N=C(c3ccc(C)c([N+](=O)[O-])c3)OC2=O)cc(I)c1OCc1cccc(C)c1. The van der Waals surface area contributed by atoms with Crippen LogP contribution in [0.2, 0.25) is 0 Å². The number of ether oxygens (including phenoxy) is 3. The molecule has 0 fully saturated rings. The standard InChI is InChI=1S/C26H21IN2O6/c1-15-5-4-6-17(9-15)14-34-24-20(27)10-18(12-23(24)33-3)11-21-26(30)35-25(28-21)19-8-7-16(2)22(13-19)29(31)32/h4-13H,14H2,1-3H3/b21-11-. The summed E-state index contributed by atoms with van der Waals surface area (Å²) in [6.45, 7) is 4.05. The molecule has 0 saturated carbocycles. The molecular formula is C26H21IN2O6. The molecule has 0 amide bonds. The Morgan fingerprint density at radius 3 is 2.66 bits per heavy atom. The third-order valence-electron chi connectivity index (χ3n) is 5.29. The van der Waals surface area contributed by atoms with Crippen molar-refractivity contribution in [3.63, 3.8) is 0 Å². The Labute approximate surface area is 215 Å². The van der Waals surface area contributed by atoms with E-state index in [4.69, 9.17) is 14.2 Å². The van der Waals surface area contributed by atoms with Crippen molar-refractivity contribution in [1.29, 1.82) is 0 Å². The number of rotatable bonds is 7. The fourth-order valence-electron chi connectivity index (χ4n) is 3.55. The fourth-order valence-corrected chi connectivity index (χ4v) is 4.33. The normalized spacial score (nSPS) is 14.0. The molecular weight excluding hydrogens is 563 g/mol. The number of hydrogen-bond donors (Lipinski definition) is 0. The summed E-state index contributed by atoms with van der Waals surface area (Å²) in [5.41, 5.74) is 3.73. The van der Waals surface area contributed by atoms with Crippen LogP contribution in [-0.2, 0) is 16.1 Å². The van der Waals surface area contributed by atoms with Crippen LogP contribution in [0.3, 0.4) is 0 Å². The number of aliphatic imine (C=N–C) groups is 1. The molecule has 0 spiro atoms. The molecule has 0 unspecified atom stereocenters. The average molecular weight is 584 g/mol. The van der Waals surface area contributed by atoms with Crippen LogP contribution >= 0.6 is 22.6 Å². The Balaban J connectivity index is 1.61. The molecule has 1 aliphatic heterocycles. The quantitative estimate of drug-likeness (QED) is 0.115. The van der Waals surface area contributed by atoms with Gasteiger partial charge in [-0.1, -0.05) is 35.9 Å². The van der Waals surface area contributed by atoms with E-state index in [0.29, 0.717) is 34.8 Å². The summed E-state index contributed by atoms with van der Waals surface area (Å²) in [5.74, 6) is 0.490. The van der Waals surface area contributed by atoms with E-state index in [1.54, 1.807) is 38.3 Å². The first kappa shape index (κ1) is 24.4. The lowest BCUT2D eigenvalue weighted by Crippen LogP contribution is -2.06. The van der Waals surface area contributed by atoms with Crippen LogP contribution in [0.1, 0.15) is 27.8 Å². The lowest BCUT2D eigenvalue weighted by atomic mass is 10.1. The molecule has 4 rings (SSSR count). The van der Waals surface area contributed by atoms with Crippen LogP contribution in [0.15, 0.2) is 65.3 Å². The van der Waals surface area contributed by atoms with E-state index in [9.17, 15) is 14.9 Å². The van der Waals surface area contributed by atoms with E-state index in [-0.39, 0.29) is 17.3 Å². The van der Waals surface area contributed by atoms with Gasteiger partial charge in [0.25, 0.3) is 5.69 Å². The van der Waals surface area contributed by atoms with Crippen molar-refractivity contribution in [3.05, 3.63) is 102 Å². The molecule has 0 bridgehead atoms. The number of aryl methyl sites for hydroxylation is 2. The van der Waals surface area contributed by atoms with Gasteiger partial charge in [0.05, 0.1) is 15.6 Å². The van der Waals surface area contributed by atoms with Gasteiger partial charge in [0.15, 0.2) is 17.2 Å². The third-order valence-corrected chi connectivity index (χ3v) is 6.10. The first-order chi connectivity index (χ1) is 16.7. The maximum Gasteiger partial charge on any atom is 0.363 e. The van der Waals surface area contributed by atoms with Gasteiger partial charge in [-0.25, -0.2) is 9.79 Å². The van der Waals surface area contributed by atoms with E-state index in [0.717, 1.165) is 14.7 Å². The minimum absolute atomic E-state index is 0.0177. The highest BCUT2D eigenvalue weighted by Crippen LogP contribution is 2.35. The highest BCUT2D eigenvalue weighted by Gasteiger charge is 2.26. The van der Waals surface area contributed by atoms with Crippen molar-refractivity contribution >= 4 is 46.2 Å². The van der Waals surface area contributed by atoms with Crippen molar-refractivity contribution < 1.29 is 23.9 Å². The molecule has 178 valence electrons. The number of nitro benzene ring substituents is 1. The number of methoxy groups -OCH3 is 1. The van der Waals surface area contributed by atoms with Gasteiger partial charge < -0.3 is 14.2 Å². The van der Waals surface area contributed by atoms with Gasteiger partial charge in [-0.2, -0.15) is 0 Å². The zero-order valence-electron chi connectivity index (χ0n) is 19.2. The summed E-state index contributed by atoms with van der Waals surface area (Å²) in [5, 5.41) is 11.2. The van der Waals surface area contributed by atoms with E-state index in [1.807, 2.05) is 31.2 Å². The van der Waals surface area contributed by atoms with Gasteiger partial charge in [0, 0.05) is 17.2 Å². The molecule has 0 atom stereocenters. The van der Waals surface area contributed by atoms with E-state index >= 15 is 0 Å². The molecule has 0 aromatic heterocycles. The topological polar surface area (TPSA) is 100 Å². The number of carbonyl (C=O) groups is 1. The molecule has 1 aliphatic rings. The molecule has 0 aliphatic carbocycles. The van der Waals surface area contributed by atoms with Crippen molar-refractivity contribution in [2.24, 2.45) is 4.99 Å². The van der Waals surface area contributed by atoms with Crippen molar-refractivity contribution in [2.45, 2.75) is 20.5 Å². The van der Waals surface area contributed by atoms with Crippen LogP contribution in [0.5, 0.6) is 11.5 Å². The molecule has 9 heteroatoms. The fraction of sp³-hybridized carbons (Fsp3) is 0.154. The summed E-state index contributed by atoms with van der Waals surface area (Å²) in [7, 11) is 1.55. The minimum atomic E-state index is -0.642. The number of benzene rings is 3. The number of cyclic esters (lactones) is 1. The number of esters is 1. The Morgan fingerprint density at radius 2 is 1.94 bits per heavy atom. The van der Waals surface area contributed by atoms with Gasteiger partial charge in [0.2, 0.25) is 5.90 Å². The third kappa shape index (κ3) is 5.51. The van der Waals surface area contributed by atoms with Crippen LogP contribution in [0.4, 0.5) is 5.69 Å². The van der Waals surface area contributed by atoms with Crippen LogP contribution in [0, 0.1) is 27.5 Å². The highest BCUT2D eigenvalue weighted by atomic mass is 127. The minimum Gasteiger partial charge on any atom is -0.493 e. The zero-order chi connectivity index (χ0) is 25.1. The summed E-state index contributed by atoms with van der Waals surface area (Å²) in [4.78, 5) is 27.5. The zero-order valence-corrected chi connectivity index (χ0v) is 21.4. The number of carbonyl (C=O) groups excluding carboxylic acids is 1. The summed E-state index contributed by atoms with van der Waals surface area (Å²) in [6, 6.07) is 16.2. The van der Waals surface area contributed by atoms with Gasteiger partial charge in [-0.3, -0.25) is 10.1 Å². The predicted molar refractivity (Wildman–Crippen MR) is 140 cm³/mol. The Kier molecular flexibility index (Phi) is 7.15. The number of halogens is 1. The second-order valence-electron chi connectivity index (χ2n) is 7.91. The molecule has 35 heavy (non-hydrogen) atoms. The second kappa shape index (κ2) is 10.3. The Morgan fingerprint density at radius 1 is 1.14 bits per heavy atom. The van der Waals surface area contributed by atoms with Gasteiger partial charge in [-0.05, 0) is 71.8 Å². The average Bonchev–Trinajstić information content (AvgIpc) is 3.18. The Hall–Kier alpha value is -3.73. The molecule has 0 radical (unpaired) electrons. The number of hydrogen-bond acceptors (Lipinski definition) is 7. The molecule has 0 saturated heterocycles. The first-order valence-corrected chi connectivity index (χ1v) is 11.7. The smallest absolute Gasteiger partial charge is 0.363 e.